The zero-order chi connectivity index (χ0) is 24.0. The molecule has 3 aromatic carbocycles. The van der Waals surface area contributed by atoms with Crippen molar-refractivity contribution < 1.29 is 9.31 Å². The highest BCUT2D eigenvalue weighted by molar-refractivity contribution is 6.62. The predicted octanol–water partition coefficient (Wildman–Crippen LogP) is 6.72. The fourth-order valence-corrected chi connectivity index (χ4v) is 4.02. The molecular weight excluding hydrogens is 405 g/mol. The third-order valence-corrected chi connectivity index (χ3v) is 7.14. The molecule has 3 aromatic rings. The van der Waals surface area contributed by atoms with Gasteiger partial charge in [0.15, 0.2) is 0 Å². The zero-order valence-electron chi connectivity index (χ0n) is 21.3. The molecule has 0 radical (unpaired) electrons. The van der Waals surface area contributed by atoms with Gasteiger partial charge in [0, 0.05) is 18.4 Å². The molecule has 0 atom stereocenters. The van der Waals surface area contributed by atoms with Gasteiger partial charge in [-0.05, 0) is 79.5 Å². The van der Waals surface area contributed by atoms with Gasteiger partial charge in [-0.25, -0.2) is 0 Å². The molecule has 1 saturated heterocycles. The monoisotopic (exact) mass is 441 g/mol. The summed E-state index contributed by atoms with van der Waals surface area (Å²) in [7, 11) is 1.76. The maximum absolute atomic E-state index is 6.18. The fourth-order valence-electron chi connectivity index (χ4n) is 4.02. The van der Waals surface area contributed by atoms with Gasteiger partial charge in [-0.2, -0.15) is 0 Å². The van der Waals surface area contributed by atoms with E-state index in [9.17, 15) is 0 Å². The van der Waals surface area contributed by atoms with Gasteiger partial charge in [0.2, 0.25) is 0 Å². The van der Waals surface area contributed by atoms with E-state index in [-0.39, 0.29) is 23.7 Å². The van der Waals surface area contributed by atoms with Crippen LogP contribution in [0.2, 0.25) is 0 Å². The normalized spacial score (nSPS) is 17.3. The van der Waals surface area contributed by atoms with Gasteiger partial charge in [-0.15, -0.1) is 0 Å². The Labute approximate surface area is 199 Å². The molecule has 0 unspecified atom stereocenters. The number of rotatable bonds is 4. The second-order valence-corrected chi connectivity index (χ2v) is 11.1. The molecule has 0 N–H and O–H groups in total. The van der Waals surface area contributed by atoms with Gasteiger partial charge < -0.3 is 14.2 Å². The average Bonchev–Trinajstić information content (AvgIpc) is 3.00. The van der Waals surface area contributed by atoms with Crippen molar-refractivity contribution in [2.75, 3.05) is 11.9 Å². The highest BCUT2D eigenvalue weighted by Gasteiger charge is 2.51. The van der Waals surface area contributed by atoms with Crippen molar-refractivity contribution in [2.45, 2.75) is 65.1 Å². The molecule has 0 bridgehead atoms. The molecule has 0 spiro atoms. The third kappa shape index (κ3) is 4.73. The standard InChI is InChI=1S/C29H36BNO2/c1-27(2,3)23-13-9-21(10-14-23)22-11-17-25(18-12-22)31(8)26-19-15-24(16-20-26)30-32-28(4,5)29(6,7)33-30/h9-20H,1-8H3. The highest BCUT2D eigenvalue weighted by atomic mass is 16.7. The lowest BCUT2D eigenvalue weighted by Crippen LogP contribution is -2.41. The van der Waals surface area contributed by atoms with E-state index < -0.39 is 0 Å². The molecule has 3 nitrogen and oxygen atoms in total. The lowest BCUT2D eigenvalue weighted by molar-refractivity contribution is 0.00578. The summed E-state index contributed by atoms with van der Waals surface area (Å²) < 4.78 is 12.4. The first-order valence-electron chi connectivity index (χ1n) is 11.8. The molecule has 33 heavy (non-hydrogen) atoms. The van der Waals surface area contributed by atoms with E-state index in [1.165, 1.54) is 16.7 Å². The summed E-state index contributed by atoms with van der Waals surface area (Å²) in [4.78, 5) is 2.19. The number of nitrogens with zero attached hydrogens (tertiary/aromatic N) is 1. The topological polar surface area (TPSA) is 21.7 Å². The van der Waals surface area contributed by atoms with E-state index in [1.54, 1.807) is 0 Å². The molecule has 172 valence electrons. The Balaban J connectivity index is 1.47. The van der Waals surface area contributed by atoms with Crippen LogP contribution in [0.5, 0.6) is 0 Å². The summed E-state index contributed by atoms with van der Waals surface area (Å²) in [5.74, 6) is 0. The summed E-state index contributed by atoms with van der Waals surface area (Å²) in [6, 6.07) is 26.1. The van der Waals surface area contributed by atoms with Crippen molar-refractivity contribution in [1.82, 2.24) is 0 Å². The average molecular weight is 441 g/mol. The minimum Gasteiger partial charge on any atom is -0.399 e. The Morgan fingerprint density at radius 3 is 1.45 bits per heavy atom. The van der Waals surface area contributed by atoms with E-state index >= 15 is 0 Å². The number of benzene rings is 3. The van der Waals surface area contributed by atoms with Gasteiger partial charge in [0.1, 0.15) is 0 Å². The Morgan fingerprint density at radius 2 is 1.03 bits per heavy atom. The SMILES string of the molecule is CN(c1ccc(B2OC(C)(C)C(C)(C)O2)cc1)c1ccc(-c2ccc(C(C)(C)C)cc2)cc1. The van der Waals surface area contributed by atoms with Gasteiger partial charge >= 0.3 is 7.12 Å². The summed E-state index contributed by atoms with van der Waals surface area (Å²) in [5.41, 5.74) is 6.64. The van der Waals surface area contributed by atoms with Crippen molar-refractivity contribution in [3.8, 4) is 11.1 Å². The van der Waals surface area contributed by atoms with E-state index in [1.807, 2.05) is 0 Å². The number of anilines is 2. The third-order valence-electron chi connectivity index (χ3n) is 7.14. The second-order valence-electron chi connectivity index (χ2n) is 11.1. The molecule has 4 heteroatoms. The van der Waals surface area contributed by atoms with Crippen LogP contribution in [0.15, 0.2) is 72.8 Å². The van der Waals surface area contributed by atoms with Gasteiger partial charge in [-0.1, -0.05) is 69.3 Å². The van der Waals surface area contributed by atoms with Crippen molar-refractivity contribution >= 4 is 24.0 Å². The minimum atomic E-state index is -0.335. The molecule has 1 aliphatic rings. The predicted molar refractivity (Wildman–Crippen MR) is 141 cm³/mol. The van der Waals surface area contributed by atoms with E-state index in [2.05, 4.69) is 133 Å². The molecule has 1 aliphatic heterocycles. The van der Waals surface area contributed by atoms with Crippen LogP contribution in [-0.4, -0.2) is 25.4 Å². The Bertz CT molecular complexity index is 1080. The fraction of sp³-hybridized carbons (Fsp3) is 0.379. The number of hydrogen-bond acceptors (Lipinski definition) is 3. The van der Waals surface area contributed by atoms with Crippen molar-refractivity contribution in [1.29, 1.82) is 0 Å². The van der Waals surface area contributed by atoms with Gasteiger partial charge in [-0.3, -0.25) is 0 Å². The first kappa shape index (κ1) is 23.6. The van der Waals surface area contributed by atoms with Crippen molar-refractivity contribution in [3.05, 3.63) is 78.4 Å². The molecule has 0 saturated carbocycles. The van der Waals surface area contributed by atoms with E-state index in [4.69, 9.17) is 9.31 Å². The summed E-state index contributed by atoms with van der Waals surface area (Å²) in [5, 5.41) is 0. The lowest BCUT2D eigenvalue weighted by atomic mass is 9.79. The molecule has 1 fully saturated rings. The molecule has 0 aromatic heterocycles. The largest absolute Gasteiger partial charge is 0.494 e. The van der Waals surface area contributed by atoms with Crippen LogP contribution in [0.4, 0.5) is 11.4 Å². The smallest absolute Gasteiger partial charge is 0.399 e. The zero-order valence-corrected chi connectivity index (χ0v) is 21.3. The van der Waals surface area contributed by atoms with Crippen LogP contribution < -0.4 is 10.4 Å². The van der Waals surface area contributed by atoms with Crippen LogP contribution in [0.3, 0.4) is 0 Å². The maximum atomic E-state index is 6.18. The molecule has 0 amide bonds. The Kier molecular flexibility index (Phi) is 5.96. The van der Waals surface area contributed by atoms with Crippen LogP contribution in [0, 0.1) is 0 Å². The number of hydrogen-bond donors (Lipinski definition) is 0. The molecule has 4 rings (SSSR count). The van der Waals surface area contributed by atoms with Gasteiger partial charge in [0.05, 0.1) is 11.2 Å². The summed E-state index contributed by atoms with van der Waals surface area (Å²) in [6.07, 6.45) is 0. The lowest BCUT2D eigenvalue weighted by Gasteiger charge is -2.32. The molecule has 0 aliphatic carbocycles. The van der Waals surface area contributed by atoms with Crippen LogP contribution >= 0.6 is 0 Å². The van der Waals surface area contributed by atoms with Crippen molar-refractivity contribution in [2.24, 2.45) is 0 Å². The molecular formula is C29H36BNO2. The van der Waals surface area contributed by atoms with E-state index in [0.29, 0.717) is 0 Å². The Hall–Kier alpha value is -2.56. The first-order chi connectivity index (χ1) is 15.4. The maximum Gasteiger partial charge on any atom is 0.494 e. The second kappa shape index (κ2) is 8.34. The molecule has 1 heterocycles. The Morgan fingerprint density at radius 1 is 0.636 bits per heavy atom. The van der Waals surface area contributed by atoms with Gasteiger partial charge in [0.25, 0.3) is 0 Å². The first-order valence-corrected chi connectivity index (χ1v) is 11.8. The minimum absolute atomic E-state index is 0.170. The van der Waals surface area contributed by atoms with Crippen LogP contribution in [0.1, 0.15) is 54.0 Å². The van der Waals surface area contributed by atoms with Crippen molar-refractivity contribution in [3.63, 3.8) is 0 Å². The summed E-state index contributed by atoms with van der Waals surface area (Å²) in [6.45, 7) is 15.1. The van der Waals surface area contributed by atoms with Crippen LogP contribution in [-0.2, 0) is 14.7 Å². The summed E-state index contributed by atoms with van der Waals surface area (Å²) >= 11 is 0. The van der Waals surface area contributed by atoms with E-state index in [0.717, 1.165) is 16.8 Å². The quantitative estimate of drug-likeness (QED) is 0.420. The van der Waals surface area contributed by atoms with Crippen LogP contribution in [0.25, 0.3) is 11.1 Å². The highest BCUT2D eigenvalue weighted by Crippen LogP contribution is 2.36.